The standard InChI is InChI=1S/C18H18F3NO2S/c19-18(20,21)14-5-1-4-13(10-14)17(23)22(11-15-6-2-8-24-15)12-16-7-3-9-25-16/h1,3-5,7,9-10,15H,2,6,8,11-12H2. The lowest BCUT2D eigenvalue weighted by atomic mass is 10.1. The Morgan fingerprint density at radius 1 is 1.28 bits per heavy atom. The number of halogens is 3. The third kappa shape index (κ3) is 4.61. The van der Waals surface area contributed by atoms with Crippen molar-refractivity contribution in [3.63, 3.8) is 0 Å². The molecule has 0 N–H and O–H groups in total. The number of thiophene rings is 1. The van der Waals surface area contributed by atoms with E-state index in [1.54, 1.807) is 4.90 Å². The first-order valence-electron chi connectivity index (χ1n) is 8.04. The zero-order valence-corrected chi connectivity index (χ0v) is 14.3. The first-order valence-corrected chi connectivity index (χ1v) is 8.92. The number of nitrogens with zero attached hydrogens (tertiary/aromatic N) is 1. The van der Waals surface area contributed by atoms with E-state index in [4.69, 9.17) is 4.74 Å². The number of amides is 1. The summed E-state index contributed by atoms with van der Waals surface area (Å²) in [6.45, 7) is 1.41. The average Bonchev–Trinajstić information content (AvgIpc) is 3.27. The summed E-state index contributed by atoms with van der Waals surface area (Å²) in [7, 11) is 0. The number of benzene rings is 1. The Labute approximate surface area is 148 Å². The van der Waals surface area contributed by atoms with Crippen molar-refractivity contribution >= 4 is 17.2 Å². The molecule has 0 aliphatic carbocycles. The Kier molecular flexibility index (Phi) is 5.44. The lowest BCUT2D eigenvalue weighted by Crippen LogP contribution is -2.36. The van der Waals surface area contributed by atoms with Gasteiger partial charge >= 0.3 is 6.18 Å². The van der Waals surface area contributed by atoms with Crippen molar-refractivity contribution in [3.8, 4) is 0 Å². The highest BCUT2D eigenvalue weighted by Gasteiger charge is 2.32. The number of alkyl halides is 3. The minimum atomic E-state index is -4.47. The smallest absolute Gasteiger partial charge is 0.376 e. The number of carbonyl (C=O) groups is 1. The number of ether oxygens (including phenoxy) is 1. The van der Waals surface area contributed by atoms with Crippen LogP contribution < -0.4 is 0 Å². The van der Waals surface area contributed by atoms with Crippen molar-refractivity contribution in [2.24, 2.45) is 0 Å². The summed E-state index contributed by atoms with van der Waals surface area (Å²) < 4.78 is 44.4. The van der Waals surface area contributed by atoms with E-state index in [1.165, 1.54) is 23.5 Å². The van der Waals surface area contributed by atoms with Crippen LogP contribution in [0, 0.1) is 0 Å². The monoisotopic (exact) mass is 369 g/mol. The molecule has 1 aromatic heterocycles. The molecular formula is C18H18F3NO2S. The first-order chi connectivity index (χ1) is 11.9. The molecule has 1 aliphatic rings. The van der Waals surface area contributed by atoms with Crippen LogP contribution in [0.3, 0.4) is 0 Å². The molecule has 2 aromatic rings. The minimum absolute atomic E-state index is 0.0457. The Morgan fingerprint density at radius 2 is 2.12 bits per heavy atom. The molecule has 1 aromatic carbocycles. The second-order valence-electron chi connectivity index (χ2n) is 5.98. The molecular weight excluding hydrogens is 351 g/mol. The van der Waals surface area contributed by atoms with Crippen LogP contribution in [0.4, 0.5) is 13.2 Å². The lowest BCUT2D eigenvalue weighted by Gasteiger charge is -2.25. The normalized spacial score (nSPS) is 17.6. The summed E-state index contributed by atoms with van der Waals surface area (Å²) in [5, 5.41) is 1.91. The van der Waals surface area contributed by atoms with Gasteiger partial charge in [-0.05, 0) is 42.5 Å². The topological polar surface area (TPSA) is 29.5 Å². The van der Waals surface area contributed by atoms with Gasteiger partial charge in [-0.25, -0.2) is 0 Å². The Balaban J connectivity index is 1.82. The van der Waals surface area contributed by atoms with Gasteiger partial charge in [0.15, 0.2) is 0 Å². The molecule has 0 radical (unpaired) electrons. The van der Waals surface area contributed by atoms with Crippen LogP contribution in [-0.2, 0) is 17.5 Å². The summed E-state index contributed by atoms with van der Waals surface area (Å²) in [5.41, 5.74) is -0.768. The molecule has 1 atom stereocenters. The Hall–Kier alpha value is -1.86. The van der Waals surface area contributed by atoms with Gasteiger partial charge in [-0.15, -0.1) is 11.3 Å². The van der Waals surface area contributed by atoms with Gasteiger partial charge < -0.3 is 9.64 Å². The molecule has 25 heavy (non-hydrogen) atoms. The summed E-state index contributed by atoms with van der Waals surface area (Å²) in [5.74, 6) is -0.407. The molecule has 134 valence electrons. The fourth-order valence-corrected chi connectivity index (χ4v) is 3.57. The molecule has 1 aliphatic heterocycles. The number of hydrogen-bond donors (Lipinski definition) is 0. The van der Waals surface area contributed by atoms with Gasteiger partial charge in [0.2, 0.25) is 0 Å². The van der Waals surface area contributed by atoms with Crippen molar-refractivity contribution in [1.29, 1.82) is 0 Å². The third-order valence-electron chi connectivity index (χ3n) is 4.10. The van der Waals surface area contributed by atoms with Crippen LogP contribution in [-0.4, -0.2) is 30.1 Å². The van der Waals surface area contributed by atoms with E-state index in [0.717, 1.165) is 29.9 Å². The highest BCUT2D eigenvalue weighted by Crippen LogP contribution is 2.30. The molecule has 7 heteroatoms. The Morgan fingerprint density at radius 3 is 2.76 bits per heavy atom. The van der Waals surface area contributed by atoms with Crippen LogP contribution in [0.5, 0.6) is 0 Å². The highest BCUT2D eigenvalue weighted by molar-refractivity contribution is 7.09. The molecule has 0 spiro atoms. The Bertz CT molecular complexity index is 709. The van der Waals surface area contributed by atoms with Gasteiger partial charge in [0, 0.05) is 23.6 Å². The summed E-state index contributed by atoms with van der Waals surface area (Å²) in [6.07, 6.45) is -2.73. The molecule has 3 nitrogen and oxygen atoms in total. The largest absolute Gasteiger partial charge is 0.416 e. The number of rotatable bonds is 5. The SMILES string of the molecule is O=C(c1cccc(C(F)(F)F)c1)N(Cc1cccs1)CC1CCCO1. The van der Waals surface area contributed by atoms with Gasteiger partial charge in [-0.2, -0.15) is 13.2 Å². The van der Waals surface area contributed by atoms with Gasteiger partial charge in [-0.1, -0.05) is 12.1 Å². The van der Waals surface area contributed by atoms with Crippen molar-refractivity contribution in [3.05, 3.63) is 57.8 Å². The molecule has 1 saturated heterocycles. The van der Waals surface area contributed by atoms with Crippen LogP contribution in [0.2, 0.25) is 0 Å². The van der Waals surface area contributed by atoms with E-state index in [0.29, 0.717) is 19.7 Å². The van der Waals surface area contributed by atoms with E-state index < -0.39 is 17.6 Å². The second kappa shape index (κ2) is 7.58. The van der Waals surface area contributed by atoms with E-state index in [1.807, 2.05) is 17.5 Å². The minimum Gasteiger partial charge on any atom is -0.376 e. The summed E-state index contributed by atoms with van der Waals surface area (Å²) in [6, 6.07) is 8.38. The highest BCUT2D eigenvalue weighted by atomic mass is 32.1. The summed E-state index contributed by atoms with van der Waals surface area (Å²) in [4.78, 5) is 15.4. The molecule has 2 heterocycles. The molecule has 0 bridgehead atoms. The molecule has 1 fully saturated rings. The fourth-order valence-electron chi connectivity index (χ4n) is 2.86. The van der Waals surface area contributed by atoms with Crippen LogP contribution in [0.1, 0.15) is 33.6 Å². The number of hydrogen-bond acceptors (Lipinski definition) is 3. The zero-order chi connectivity index (χ0) is 17.9. The molecule has 1 unspecified atom stereocenters. The second-order valence-corrected chi connectivity index (χ2v) is 7.01. The predicted molar refractivity (Wildman–Crippen MR) is 89.5 cm³/mol. The van der Waals surface area contributed by atoms with Gasteiger partial charge in [0.25, 0.3) is 5.91 Å². The maximum atomic E-state index is 12.9. The predicted octanol–water partition coefficient (Wildman–Crippen LogP) is 4.59. The summed E-state index contributed by atoms with van der Waals surface area (Å²) >= 11 is 1.51. The number of carbonyl (C=O) groups excluding carboxylic acids is 1. The van der Waals surface area contributed by atoms with Crippen molar-refractivity contribution in [2.75, 3.05) is 13.2 Å². The zero-order valence-electron chi connectivity index (χ0n) is 13.5. The van der Waals surface area contributed by atoms with E-state index in [9.17, 15) is 18.0 Å². The van der Waals surface area contributed by atoms with Crippen LogP contribution >= 0.6 is 11.3 Å². The van der Waals surface area contributed by atoms with Gasteiger partial charge in [0.1, 0.15) is 0 Å². The third-order valence-corrected chi connectivity index (χ3v) is 4.96. The molecule has 3 rings (SSSR count). The first kappa shape index (κ1) is 17.9. The molecule has 0 saturated carbocycles. The van der Waals surface area contributed by atoms with Crippen LogP contribution in [0.25, 0.3) is 0 Å². The van der Waals surface area contributed by atoms with Crippen molar-refractivity contribution in [2.45, 2.75) is 31.7 Å². The van der Waals surface area contributed by atoms with Crippen molar-refractivity contribution < 1.29 is 22.7 Å². The van der Waals surface area contributed by atoms with E-state index in [-0.39, 0.29) is 11.7 Å². The molecule has 1 amide bonds. The maximum absolute atomic E-state index is 12.9. The maximum Gasteiger partial charge on any atom is 0.416 e. The van der Waals surface area contributed by atoms with Crippen molar-refractivity contribution in [1.82, 2.24) is 4.90 Å². The van der Waals surface area contributed by atoms with Gasteiger partial charge in [-0.3, -0.25) is 4.79 Å². The lowest BCUT2D eigenvalue weighted by molar-refractivity contribution is -0.137. The van der Waals surface area contributed by atoms with Crippen LogP contribution in [0.15, 0.2) is 41.8 Å². The quantitative estimate of drug-likeness (QED) is 0.772. The van der Waals surface area contributed by atoms with E-state index >= 15 is 0 Å². The van der Waals surface area contributed by atoms with E-state index in [2.05, 4.69) is 0 Å². The average molecular weight is 369 g/mol. The van der Waals surface area contributed by atoms with Gasteiger partial charge in [0.05, 0.1) is 18.2 Å². The fraction of sp³-hybridized carbons (Fsp3) is 0.389.